The van der Waals surface area contributed by atoms with Gasteiger partial charge in [0.05, 0.1) is 11.3 Å². The molecule has 1 N–H and O–H groups in total. The first-order valence-corrected chi connectivity index (χ1v) is 6.71. The van der Waals surface area contributed by atoms with Gasteiger partial charge in [0.15, 0.2) is 0 Å². The van der Waals surface area contributed by atoms with Crippen LogP contribution in [0.2, 0.25) is 0 Å². The average Bonchev–Trinajstić information content (AvgIpc) is 2.85. The highest BCUT2D eigenvalue weighted by Gasteiger charge is 2.31. The molecular weight excluding hydrogens is 260 g/mol. The first-order valence-electron chi connectivity index (χ1n) is 6.71. The molecule has 2 atom stereocenters. The van der Waals surface area contributed by atoms with E-state index in [9.17, 15) is 14.9 Å². The zero-order valence-electron chi connectivity index (χ0n) is 11.4. The van der Waals surface area contributed by atoms with Crippen molar-refractivity contribution in [2.45, 2.75) is 38.3 Å². The lowest BCUT2D eigenvalue weighted by molar-refractivity contribution is -0.385. The van der Waals surface area contributed by atoms with Crippen molar-refractivity contribution in [3.8, 4) is 0 Å². The normalized spacial score (nSPS) is 20.8. The molecule has 2 rings (SSSR count). The highest BCUT2D eigenvalue weighted by atomic mass is 16.6. The van der Waals surface area contributed by atoms with Crippen LogP contribution in [0.15, 0.2) is 24.3 Å². The minimum atomic E-state index is -0.798. The summed E-state index contributed by atoms with van der Waals surface area (Å²) in [7, 11) is 0. The monoisotopic (exact) mass is 278 g/mol. The fourth-order valence-corrected chi connectivity index (χ4v) is 2.88. The van der Waals surface area contributed by atoms with Crippen LogP contribution in [-0.4, -0.2) is 33.5 Å². The fourth-order valence-electron chi connectivity index (χ4n) is 2.88. The Morgan fingerprint density at radius 3 is 3.00 bits per heavy atom. The Kier molecular flexibility index (Phi) is 4.34. The van der Waals surface area contributed by atoms with Crippen LogP contribution in [0.4, 0.5) is 5.69 Å². The summed E-state index contributed by atoms with van der Waals surface area (Å²) in [6, 6.07) is 6.57. The quantitative estimate of drug-likeness (QED) is 0.661. The number of likely N-dealkylation sites (tertiary alicyclic amines) is 1. The zero-order valence-corrected chi connectivity index (χ0v) is 11.4. The molecule has 0 amide bonds. The maximum atomic E-state index is 10.9. The number of nitro benzene ring substituents is 1. The molecule has 0 aliphatic carbocycles. The van der Waals surface area contributed by atoms with Crippen LogP contribution in [0.25, 0.3) is 0 Å². The summed E-state index contributed by atoms with van der Waals surface area (Å²) in [6.45, 7) is 2.81. The van der Waals surface area contributed by atoms with E-state index in [0.717, 1.165) is 24.9 Å². The van der Waals surface area contributed by atoms with Crippen molar-refractivity contribution in [2.75, 3.05) is 6.54 Å². The third-order valence-electron chi connectivity index (χ3n) is 3.89. The highest BCUT2D eigenvalue weighted by Crippen LogP contribution is 2.31. The lowest BCUT2D eigenvalue weighted by Gasteiger charge is -2.30. The second-order valence-electron chi connectivity index (χ2n) is 5.16. The SMILES string of the molecule is CC(c1cccc([N+](=O)[O-])c1)N1CCCC1CC(=O)O. The van der Waals surface area contributed by atoms with Gasteiger partial charge in [0.25, 0.3) is 5.69 Å². The number of non-ortho nitro benzene ring substituents is 1. The van der Waals surface area contributed by atoms with E-state index in [1.807, 2.05) is 13.0 Å². The topological polar surface area (TPSA) is 83.7 Å². The number of nitro groups is 1. The Morgan fingerprint density at radius 1 is 1.60 bits per heavy atom. The van der Waals surface area contributed by atoms with Crippen molar-refractivity contribution in [1.29, 1.82) is 0 Å². The number of hydrogen-bond donors (Lipinski definition) is 1. The molecule has 0 saturated carbocycles. The van der Waals surface area contributed by atoms with Crippen molar-refractivity contribution in [2.24, 2.45) is 0 Å². The van der Waals surface area contributed by atoms with E-state index in [2.05, 4.69) is 4.90 Å². The number of carboxylic acid groups (broad SMARTS) is 1. The molecule has 108 valence electrons. The molecule has 20 heavy (non-hydrogen) atoms. The molecule has 0 radical (unpaired) electrons. The van der Waals surface area contributed by atoms with Gasteiger partial charge in [-0.1, -0.05) is 12.1 Å². The molecule has 1 fully saturated rings. The van der Waals surface area contributed by atoms with Gasteiger partial charge in [-0.2, -0.15) is 0 Å². The summed E-state index contributed by atoms with van der Waals surface area (Å²) >= 11 is 0. The van der Waals surface area contributed by atoms with Crippen LogP contribution >= 0.6 is 0 Å². The predicted molar refractivity (Wildman–Crippen MR) is 73.5 cm³/mol. The Bertz CT molecular complexity index is 518. The molecule has 0 aromatic heterocycles. The van der Waals surface area contributed by atoms with Crippen LogP contribution < -0.4 is 0 Å². The van der Waals surface area contributed by atoms with E-state index < -0.39 is 10.9 Å². The summed E-state index contributed by atoms with van der Waals surface area (Å²) in [6.07, 6.45) is 1.96. The van der Waals surface area contributed by atoms with Gasteiger partial charge in [0.2, 0.25) is 0 Å². The first-order chi connectivity index (χ1) is 9.49. The van der Waals surface area contributed by atoms with E-state index in [1.165, 1.54) is 6.07 Å². The molecule has 1 saturated heterocycles. The van der Waals surface area contributed by atoms with Gasteiger partial charge < -0.3 is 5.11 Å². The van der Waals surface area contributed by atoms with Crippen molar-refractivity contribution in [3.63, 3.8) is 0 Å². The summed E-state index contributed by atoms with van der Waals surface area (Å²) in [5.41, 5.74) is 0.930. The molecule has 1 aliphatic heterocycles. The number of aliphatic carboxylic acids is 1. The van der Waals surface area contributed by atoms with Crippen LogP contribution in [0.5, 0.6) is 0 Å². The predicted octanol–water partition coefficient (Wildman–Crippen LogP) is 2.59. The molecule has 1 aliphatic rings. The van der Waals surface area contributed by atoms with Crippen molar-refractivity contribution < 1.29 is 14.8 Å². The average molecular weight is 278 g/mol. The maximum Gasteiger partial charge on any atom is 0.304 e. The lowest BCUT2D eigenvalue weighted by Crippen LogP contribution is -2.33. The van der Waals surface area contributed by atoms with Gasteiger partial charge in [0.1, 0.15) is 0 Å². The maximum absolute atomic E-state index is 10.9. The minimum Gasteiger partial charge on any atom is -0.481 e. The van der Waals surface area contributed by atoms with Gasteiger partial charge in [-0.25, -0.2) is 0 Å². The largest absolute Gasteiger partial charge is 0.481 e. The number of nitrogens with zero attached hydrogens (tertiary/aromatic N) is 2. The van der Waals surface area contributed by atoms with E-state index in [-0.39, 0.29) is 24.2 Å². The Hall–Kier alpha value is -1.95. The van der Waals surface area contributed by atoms with Gasteiger partial charge in [-0.15, -0.1) is 0 Å². The summed E-state index contributed by atoms with van der Waals surface area (Å²) in [5.74, 6) is -0.798. The first kappa shape index (κ1) is 14.5. The molecule has 6 heteroatoms. The molecule has 2 unspecified atom stereocenters. The third-order valence-corrected chi connectivity index (χ3v) is 3.89. The van der Waals surface area contributed by atoms with Crippen LogP contribution in [0.1, 0.15) is 37.8 Å². The molecule has 0 spiro atoms. The lowest BCUT2D eigenvalue weighted by atomic mass is 10.0. The Balaban J connectivity index is 2.17. The number of carbonyl (C=O) groups is 1. The fraction of sp³-hybridized carbons (Fsp3) is 0.500. The van der Waals surface area contributed by atoms with E-state index >= 15 is 0 Å². The van der Waals surface area contributed by atoms with Crippen LogP contribution in [0, 0.1) is 10.1 Å². The van der Waals surface area contributed by atoms with Gasteiger partial charge in [-0.05, 0) is 31.9 Å². The van der Waals surface area contributed by atoms with Crippen molar-refractivity contribution in [3.05, 3.63) is 39.9 Å². The van der Waals surface area contributed by atoms with Crippen LogP contribution in [-0.2, 0) is 4.79 Å². The smallest absolute Gasteiger partial charge is 0.304 e. The summed E-state index contributed by atoms with van der Waals surface area (Å²) < 4.78 is 0. The number of benzene rings is 1. The second-order valence-corrected chi connectivity index (χ2v) is 5.16. The zero-order chi connectivity index (χ0) is 14.7. The Morgan fingerprint density at radius 2 is 2.35 bits per heavy atom. The van der Waals surface area contributed by atoms with Crippen LogP contribution in [0.3, 0.4) is 0 Å². The molecular formula is C14H18N2O4. The highest BCUT2D eigenvalue weighted by molar-refractivity contribution is 5.67. The molecule has 1 aromatic rings. The number of rotatable bonds is 5. The number of hydrogen-bond acceptors (Lipinski definition) is 4. The molecule has 1 aromatic carbocycles. The van der Waals surface area contributed by atoms with E-state index in [0.29, 0.717) is 0 Å². The standard InChI is InChI=1S/C14H18N2O4/c1-10(11-4-2-5-13(8-11)16(19)20)15-7-3-6-12(15)9-14(17)18/h2,4-5,8,10,12H,3,6-7,9H2,1H3,(H,17,18). The van der Waals surface area contributed by atoms with Crippen molar-refractivity contribution >= 4 is 11.7 Å². The summed E-state index contributed by atoms with van der Waals surface area (Å²) in [5, 5.41) is 19.8. The summed E-state index contributed by atoms with van der Waals surface area (Å²) in [4.78, 5) is 23.4. The number of carboxylic acids is 1. The van der Waals surface area contributed by atoms with Gasteiger partial charge >= 0.3 is 5.97 Å². The molecule has 1 heterocycles. The minimum absolute atomic E-state index is 0.0123. The van der Waals surface area contributed by atoms with E-state index in [1.54, 1.807) is 12.1 Å². The molecule has 0 bridgehead atoms. The third kappa shape index (κ3) is 3.14. The van der Waals surface area contributed by atoms with Crippen molar-refractivity contribution in [1.82, 2.24) is 4.90 Å². The van der Waals surface area contributed by atoms with Gasteiger partial charge in [0, 0.05) is 24.2 Å². The second kappa shape index (κ2) is 6.00. The van der Waals surface area contributed by atoms with E-state index in [4.69, 9.17) is 5.11 Å². The Labute approximate surface area is 117 Å². The van der Waals surface area contributed by atoms with Gasteiger partial charge in [-0.3, -0.25) is 19.8 Å². The molecule has 6 nitrogen and oxygen atoms in total.